The van der Waals surface area contributed by atoms with Crippen molar-refractivity contribution in [2.24, 2.45) is 0 Å². The van der Waals surface area contributed by atoms with Crippen molar-refractivity contribution in [1.82, 2.24) is 0 Å². The van der Waals surface area contributed by atoms with Crippen molar-refractivity contribution in [2.45, 2.75) is 32.1 Å². The van der Waals surface area contributed by atoms with Crippen LogP contribution in [0.4, 0.5) is 0 Å². The molecule has 0 atom stereocenters. The summed E-state index contributed by atoms with van der Waals surface area (Å²) in [5, 5.41) is 0.753. The molecule has 2 heteroatoms. The van der Waals surface area contributed by atoms with Crippen molar-refractivity contribution < 1.29 is 0 Å². The Balaban J connectivity index is 3.14. The largest absolute Gasteiger partial charge is 0.121 e. The standard InChI is InChI=1S/C11H14Cl2/c1-11(2,3)9-4-5-10(13)8(6-9)7-12/h4-6H,7H2,1-3H3. The van der Waals surface area contributed by atoms with Crippen LogP contribution in [0.3, 0.4) is 0 Å². The molecule has 0 amide bonds. The third kappa shape index (κ3) is 2.62. The molecule has 0 N–H and O–H groups in total. The molecular formula is C11H14Cl2. The second kappa shape index (κ2) is 3.89. The van der Waals surface area contributed by atoms with Crippen molar-refractivity contribution in [3.63, 3.8) is 0 Å². The van der Waals surface area contributed by atoms with Gasteiger partial charge in [-0.05, 0) is 22.6 Å². The number of rotatable bonds is 1. The Morgan fingerprint density at radius 2 is 1.85 bits per heavy atom. The van der Waals surface area contributed by atoms with Crippen LogP contribution in [0.5, 0.6) is 0 Å². The van der Waals surface area contributed by atoms with E-state index in [9.17, 15) is 0 Å². The van der Waals surface area contributed by atoms with Gasteiger partial charge in [0.15, 0.2) is 0 Å². The Morgan fingerprint density at radius 1 is 1.23 bits per heavy atom. The first-order valence-electron chi connectivity index (χ1n) is 4.30. The van der Waals surface area contributed by atoms with E-state index in [1.807, 2.05) is 6.07 Å². The molecule has 1 aromatic carbocycles. The second-order valence-corrected chi connectivity index (χ2v) is 4.86. The van der Waals surface area contributed by atoms with Gasteiger partial charge in [-0.1, -0.05) is 44.5 Å². The Hall–Kier alpha value is -0.200. The minimum absolute atomic E-state index is 0.158. The van der Waals surface area contributed by atoms with Gasteiger partial charge in [-0.15, -0.1) is 11.6 Å². The Kier molecular flexibility index (Phi) is 3.26. The molecule has 72 valence electrons. The highest BCUT2D eigenvalue weighted by Gasteiger charge is 2.14. The van der Waals surface area contributed by atoms with Gasteiger partial charge in [0.2, 0.25) is 0 Å². The summed E-state index contributed by atoms with van der Waals surface area (Å²) in [7, 11) is 0. The highest BCUT2D eigenvalue weighted by Crippen LogP contribution is 2.27. The average Bonchev–Trinajstić information content (AvgIpc) is 2.03. The first-order valence-corrected chi connectivity index (χ1v) is 5.21. The smallest absolute Gasteiger partial charge is 0.0488 e. The van der Waals surface area contributed by atoms with Gasteiger partial charge in [-0.2, -0.15) is 0 Å². The van der Waals surface area contributed by atoms with Gasteiger partial charge in [0, 0.05) is 10.9 Å². The van der Waals surface area contributed by atoms with Gasteiger partial charge in [0.1, 0.15) is 0 Å². The molecule has 1 rings (SSSR count). The molecule has 0 spiro atoms. The minimum Gasteiger partial charge on any atom is -0.121 e. The van der Waals surface area contributed by atoms with Gasteiger partial charge < -0.3 is 0 Å². The predicted molar refractivity (Wildman–Crippen MR) is 59.7 cm³/mol. The zero-order valence-electron chi connectivity index (χ0n) is 8.20. The van der Waals surface area contributed by atoms with Crippen LogP contribution in [0.2, 0.25) is 5.02 Å². The van der Waals surface area contributed by atoms with Gasteiger partial charge >= 0.3 is 0 Å². The molecule has 0 nitrogen and oxygen atoms in total. The molecule has 0 aliphatic heterocycles. The van der Waals surface area contributed by atoms with E-state index >= 15 is 0 Å². The first kappa shape index (κ1) is 10.9. The van der Waals surface area contributed by atoms with E-state index < -0.39 is 0 Å². The highest BCUT2D eigenvalue weighted by molar-refractivity contribution is 6.32. The van der Waals surface area contributed by atoms with Gasteiger partial charge in [0.05, 0.1) is 0 Å². The van der Waals surface area contributed by atoms with E-state index in [-0.39, 0.29) is 5.41 Å². The molecule has 0 saturated heterocycles. The van der Waals surface area contributed by atoms with Crippen LogP contribution >= 0.6 is 23.2 Å². The third-order valence-corrected chi connectivity index (χ3v) is 2.71. The lowest BCUT2D eigenvalue weighted by molar-refractivity contribution is 0.589. The summed E-state index contributed by atoms with van der Waals surface area (Å²) < 4.78 is 0. The molecule has 0 radical (unpaired) electrons. The summed E-state index contributed by atoms with van der Waals surface area (Å²) in [4.78, 5) is 0. The second-order valence-electron chi connectivity index (χ2n) is 4.19. The molecule has 0 bridgehead atoms. The van der Waals surface area contributed by atoms with E-state index in [1.54, 1.807) is 0 Å². The van der Waals surface area contributed by atoms with Crippen LogP contribution in [-0.2, 0) is 11.3 Å². The Labute approximate surface area is 89.9 Å². The molecule has 0 fully saturated rings. The maximum atomic E-state index is 5.96. The normalized spacial score (nSPS) is 11.8. The summed E-state index contributed by atoms with van der Waals surface area (Å²) in [6, 6.07) is 6.05. The lowest BCUT2D eigenvalue weighted by Gasteiger charge is -2.19. The van der Waals surface area contributed by atoms with Crippen molar-refractivity contribution in [1.29, 1.82) is 0 Å². The van der Waals surface area contributed by atoms with E-state index in [0.717, 1.165) is 10.6 Å². The van der Waals surface area contributed by atoms with Crippen molar-refractivity contribution in [3.05, 3.63) is 34.3 Å². The molecule has 0 aromatic heterocycles. The average molecular weight is 217 g/mol. The number of hydrogen-bond donors (Lipinski definition) is 0. The lowest BCUT2D eigenvalue weighted by Crippen LogP contribution is -2.11. The van der Waals surface area contributed by atoms with E-state index in [0.29, 0.717) is 5.88 Å². The maximum Gasteiger partial charge on any atom is 0.0488 e. The maximum absolute atomic E-state index is 5.96. The SMILES string of the molecule is CC(C)(C)c1ccc(Cl)c(CCl)c1. The Morgan fingerprint density at radius 3 is 2.31 bits per heavy atom. The molecule has 0 saturated carbocycles. The van der Waals surface area contributed by atoms with Crippen molar-refractivity contribution in [2.75, 3.05) is 0 Å². The molecule has 1 aromatic rings. The van der Waals surface area contributed by atoms with E-state index in [1.165, 1.54) is 5.56 Å². The quantitative estimate of drug-likeness (QED) is 0.612. The topological polar surface area (TPSA) is 0 Å². The summed E-state index contributed by atoms with van der Waals surface area (Å²) in [6.07, 6.45) is 0. The van der Waals surface area contributed by atoms with Crippen LogP contribution in [0.15, 0.2) is 18.2 Å². The van der Waals surface area contributed by atoms with Gasteiger partial charge in [0.25, 0.3) is 0 Å². The molecule has 0 unspecified atom stereocenters. The number of alkyl halides is 1. The van der Waals surface area contributed by atoms with Crippen LogP contribution in [-0.4, -0.2) is 0 Å². The summed E-state index contributed by atoms with van der Waals surface area (Å²) in [5.74, 6) is 0.475. The number of benzene rings is 1. The van der Waals surface area contributed by atoms with E-state index in [2.05, 4.69) is 32.9 Å². The molecular weight excluding hydrogens is 203 g/mol. The summed E-state index contributed by atoms with van der Waals surface area (Å²) >= 11 is 11.7. The van der Waals surface area contributed by atoms with Crippen molar-refractivity contribution >= 4 is 23.2 Å². The first-order chi connectivity index (χ1) is 5.95. The monoisotopic (exact) mass is 216 g/mol. The van der Waals surface area contributed by atoms with Gasteiger partial charge in [-0.25, -0.2) is 0 Å². The van der Waals surface area contributed by atoms with Crippen molar-refractivity contribution in [3.8, 4) is 0 Å². The fraction of sp³-hybridized carbons (Fsp3) is 0.455. The summed E-state index contributed by atoms with van der Waals surface area (Å²) in [5.41, 5.74) is 2.44. The molecule has 0 aliphatic carbocycles. The zero-order chi connectivity index (χ0) is 10.1. The zero-order valence-corrected chi connectivity index (χ0v) is 9.71. The van der Waals surface area contributed by atoms with Crippen LogP contribution in [0.1, 0.15) is 31.9 Å². The molecule has 13 heavy (non-hydrogen) atoms. The van der Waals surface area contributed by atoms with Crippen LogP contribution in [0, 0.1) is 0 Å². The summed E-state index contributed by atoms with van der Waals surface area (Å²) in [6.45, 7) is 6.52. The van der Waals surface area contributed by atoms with Crippen LogP contribution < -0.4 is 0 Å². The van der Waals surface area contributed by atoms with Gasteiger partial charge in [-0.3, -0.25) is 0 Å². The third-order valence-electron chi connectivity index (χ3n) is 2.06. The predicted octanol–water partition coefficient (Wildman–Crippen LogP) is 4.38. The number of halogens is 2. The fourth-order valence-corrected chi connectivity index (χ4v) is 1.62. The molecule has 0 heterocycles. The lowest BCUT2D eigenvalue weighted by atomic mass is 9.86. The Bertz CT molecular complexity index is 297. The minimum atomic E-state index is 0.158. The van der Waals surface area contributed by atoms with Crippen LogP contribution in [0.25, 0.3) is 0 Å². The fourth-order valence-electron chi connectivity index (χ4n) is 1.14. The number of hydrogen-bond acceptors (Lipinski definition) is 0. The van der Waals surface area contributed by atoms with E-state index in [4.69, 9.17) is 23.2 Å². The highest BCUT2D eigenvalue weighted by atomic mass is 35.5. The molecule has 0 aliphatic rings.